The molecule has 1 aromatic carbocycles. The highest BCUT2D eigenvalue weighted by atomic mass is 35.5. The van der Waals surface area contributed by atoms with Gasteiger partial charge in [0.1, 0.15) is 0 Å². The number of halogens is 1. The molecule has 3 nitrogen and oxygen atoms in total. The second-order valence-electron chi connectivity index (χ2n) is 5.36. The molecule has 0 amide bonds. The molecule has 0 aliphatic heterocycles. The number of methoxy groups -OCH3 is 1. The highest BCUT2D eigenvalue weighted by Crippen LogP contribution is 2.27. The van der Waals surface area contributed by atoms with Crippen molar-refractivity contribution < 1.29 is 9.47 Å². The highest BCUT2D eigenvalue weighted by molar-refractivity contribution is 5.85. The molecule has 1 aromatic rings. The van der Waals surface area contributed by atoms with Crippen LogP contribution in [-0.4, -0.2) is 20.3 Å². The molecule has 0 heterocycles. The van der Waals surface area contributed by atoms with Crippen molar-refractivity contribution >= 4 is 12.4 Å². The molecule has 0 atom stereocenters. The molecule has 0 bridgehead atoms. The standard InChI is InChI=1S/C18H31NO2.ClH/c1-4-6-7-8-9-10-13-19-15-16-11-12-17(21-5-2)18(14-16)20-3;/h11-12,14,19H,4-10,13,15H2,1-3H3;1H. The molecule has 22 heavy (non-hydrogen) atoms. The summed E-state index contributed by atoms with van der Waals surface area (Å²) in [5.74, 6) is 1.63. The Labute approximate surface area is 142 Å². The van der Waals surface area contributed by atoms with Crippen molar-refractivity contribution in [3.8, 4) is 11.5 Å². The monoisotopic (exact) mass is 329 g/mol. The van der Waals surface area contributed by atoms with Crippen LogP contribution in [0.4, 0.5) is 0 Å². The molecule has 0 radical (unpaired) electrons. The fourth-order valence-electron chi connectivity index (χ4n) is 2.36. The molecule has 128 valence electrons. The molecule has 1 rings (SSSR count). The number of nitrogens with one attached hydrogen (secondary N) is 1. The maximum absolute atomic E-state index is 5.53. The lowest BCUT2D eigenvalue weighted by molar-refractivity contribution is 0.310. The lowest BCUT2D eigenvalue weighted by Gasteiger charge is -2.11. The van der Waals surface area contributed by atoms with Crippen LogP contribution in [0.5, 0.6) is 11.5 Å². The third-order valence-corrected chi connectivity index (χ3v) is 3.56. The van der Waals surface area contributed by atoms with E-state index in [0.29, 0.717) is 6.61 Å². The maximum Gasteiger partial charge on any atom is 0.161 e. The predicted octanol–water partition coefficient (Wildman–Crippen LogP) is 4.97. The van der Waals surface area contributed by atoms with Gasteiger partial charge in [0, 0.05) is 6.54 Å². The van der Waals surface area contributed by atoms with Gasteiger partial charge < -0.3 is 14.8 Å². The first-order valence-electron chi connectivity index (χ1n) is 8.32. The van der Waals surface area contributed by atoms with E-state index in [1.807, 2.05) is 13.0 Å². The topological polar surface area (TPSA) is 30.5 Å². The first-order valence-corrected chi connectivity index (χ1v) is 8.32. The van der Waals surface area contributed by atoms with E-state index in [4.69, 9.17) is 9.47 Å². The zero-order valence-corrected chi connectivity index (χ0v) is 15.1. The van der Waals surface area contributed by atoms with Crippen LogP contribution in [0.25, 0.3) is 0 Å². The molecule has 0 aliphatic rings. The van der Waals surface area contributed by atoms with E-state index in [2.05, 4.69) is 24.4 Å². The van der Waals surface area contributed by atoms with Gasteiger partial charge in [-0.05, 0) is 37.6 Å². The van der Waals surface area contributed by atoms with E-state index in [-0.39, 0.29) is 12.4 Å². The third-order valence-electron chi connectivity index (χ3n) is 3.56. The van der Waals surface area contributed by atoms with E-state index in [9.17, 15) is 0 Å². The van der Waals surface area contributed by atoms with E-state index < -0.39 is 0 Å². The largest absolute Gasteiger partial charge is 0.493 e. The molecule has 0 spiro atoms. The van der Waals surface area contributed by atoms with E-state index >= 15 is 0 Å². The number of rotatable bonds is 12. The Balaban J connectivity index is 0.00000441. The number of unbranched alkanes of at least 4 members (excludes halogenated alkanes) is 5. The summed E-state index contributed by atoms with van der Waals surface area (Å²) in [7, 11) is 1.69. The summed E-state index contributed by atoms with van der Waals surface area (Å²) in [6.07, 6.45) is 8.04. The van der Waals surface area contributed by atoms with Crippen LogP contribution in [0.15, 0.2) is 18.2 Å². The molecule has 0 saturated carbocycles. The molecule has 0 aliphatic carbocycles. The molecule has 0 unspecified atom stereocenters. The zero-order valence-electron chi connectivity index (χ0n) is 14.3. The number of hydrogen-bond donors (Lipinski definition) is 1. The van der Waals surface area contributed by atoms with Crippen molar-refractivity contribution in [1.29, 1.82) is 0 Å². The molecular formula is C18H32ClNO2. The van der Waals surface area contributed by atoms with Crippen LogP contribution in [0.1, 0.15) is 57.9 Å². The van der Waals surface area contributed by atoms with Gasteiger partial charge in [0.25, 0.3) is 0 Å². The summed E-state index contributed by atoms with van der Waals surface area (Å²) < 4.78 is 10.9. The minimum absolute atomic E-state index is 0. The zero-order chi connectivity index (χ0) is 15.3. The summed E-state index contributed by atoms with van der Waals surface area (Å²) in [6, 6.07) is 6.14. The highest BCUT2D eigenvalue weighted by Gasteiger charge is 2.04. The average Bonchev–Trinajstić information content (AvgIpc) is 2.51. The van der Waals surface area contributed by atoms with Gasteiger partial charge in [-0.2, -0.15) is 0 Å². The molecule has 1 N–H and O–H groups in total. The SMILES string of the molecule is CCCCCCCCNCc1ccc(OCC)c(OC)c1.Cl. The molecular weight excluding hydrogens is 298 g/mol. The van der Waals surface area contributed by atoms with Crippen molar-refractivity contribution in [3.63, 3.8) is 0 Å². The quantitative estimate of drug-likeness (QED) is 0.549. The van der Waals surface area contributed by atoms with E-state index in [1.54, 1.807) is 7.11 Å². The average molecular weight is 330 g/mol. The van der Waals surface area contributed by atoms with E-state index in [0.717, 1.165) is 24.6 Å². The van der Waals surface area contributed by atoms with Gasteiger partial charge in [0.2, 0.25) is 0 Å². The second kappa shape index (κ2) is 13.7. The Morgan fingerprint density at radius 1 is 0.955 bits per heavy atom. The van der Waals surface area contributed by atoms with Crippen molar-refractivity contribution in [1.82, 2.24) is 5.32 Å². The van der Waals surface area contributed by atoms with Gasteiger partial charge in [0.15, 0.2) is 11.5 Å². The van der Waals surface area contributed by atoms with Crippen molar-refractivity contribution in [3.05, 3.63) is 23.8 Å². The lowest BCUT2D eigenvalue weighted by atomic mass is 10.1. The van der Waals surface area contributed by atoms with Crippen LogP contribution in [0, 0.1) is 0 Å². The predicted molar refractivity (Wildman–Crippen MR) is 96.5 cm³/mol. The second-order valence-corrected chi connectivity index (χ2v) is 5.36. The van der Waals surface area contributed by atoms with Gasteiger partial charge in [-0.25, -0.2) is 0 Å². The Hall–Kier alpha value is -0.930. The summed E-state index contributed by atoms with van der Waals surface area (Å²) in [5.41, 5.74) is 1.24. The Bertz CT molecular complexity index is 385. The minimum Gasteiger partial charge on any atom is -0.493 e. The summed E-state index contributed by atoms with van der Waals surface area (Å²) in [4.78, 5) is 0. The van der Waals surface area contributed by atoms with Crippen molar-refractivity contribution in [2.24, 2.45) is 0 Å². The summed E-state index contributed by atoms with van der Waals surface area (Å²) in [6.45, 7) is 6.87. The lowest BCUT2D eigenvalue weighted by Crippen LogP contribution is -2.14. The summed E-state index contributed by atoms with van der Waals surface area (Å²) >= 11 is 0. The first-order chi connectivity index (χ1) is 10.3. The normalized spacial score (nSPS) is 10.1. The number of ether oxygens (including phenoxy) is 2. The third kappa shape index (κ3) is 8.50. The van der Waals surface area contributed by atoms with Crippen LogP contribution in [0.3, 0.4) is 0 Å². The van der Waals surface area contributed by atoms with Crippen molar-refractivity contribution in [2.45, 2.75) is 58.9 Å². The van der Waals surface area contributed by atoms with Crippen LogP contribution >= 0.6 is 12.4 Å². The van der Waals surface area contributed by atoms with Crippen LogP contribution in [0.2, 0.25) is 0 Å². The maximum atomic E-state index is 5.53. The minimum atomic E-state index is 0. The smallest absolute Gasteiger partial charge is 0.161 e. The Morgan fingerprint density at radius 3 is 2.36 bits per heavy atom. The molecule has 4 heteroatoms. The first kappa shape index (κ1) is 21.1. The fraction of sp³-hybridized carbons (Fsp3) is 0.667. The van der Waals surface area contributed by atoms with Gasteiger partial charge in [-0.3, -0.25) is 0 Å². The molecule has 0 fully saturated rings. The van der Waals surface area contributed by atoms with Crippen LogP contribution in [-0.2, 0) is 6.54 Å². The molecule has 0 saturated heterocycles. The Kier molecular flexibility index (Phi) is 13.1. The Morgan fingerprint density at radius 2 is 1.68 bits per heavy atom. The van der Waals surface area contributed by atoms with Gasteiger partial charge >= 0.3 is 0 Å². The van der Waals surface area contributed by atoms with Crippen LogP contribution < -0.4 is 14.8 Å². The van der Waals surface area contributed by atoms with E-state index in [1.165, 1.54) is 44.1 Å². The number of benzene rings is 1. The molecule has 0 aromatic heterocycles. The van der Waals surface area contributed by atoms with Crippen molar-refractivity contribution in [2.75, 3.05) is 20.3 Å². The summed E-state index contributed by atoms with van der Waals surface area (Å²) in [5, 5.41) is 3.50. The number of hydrogen-bond acceptors (Lipinski definition) is 3. The van der Waals surface area contributed by atoms with Gasteiger partial charge in [-0.15, -0.1) is 12.4 Å². The van der Waals surface area contributed by atoms with Gasteiger partial charge in [0.05, 0.1) is 13.7 Å². The van der Waals surface area contributed by atoms with Gasteiger partial charge in [-0.1, -0.05) is 45.1 Å². The fourth-order valence-corrected chi connectivity index (χ4v) is 2.36.